The average Bonchev–Trinajstić information content (AvgIpc) is 3.32. The van der Waals surface area contributed by atoms with E-state index in [2.05, 4.69) is 5.10 Å². The molecule has 1 fully saturated rings. The summed E-state index contributed by atoms with van der Waals surface area (Å²) in [6.07, 6.45) is 0.791. The van der Waals surface area contributed by atoms with Crippen LogP contribution in [0, 0.1) is 0 Å². The lowest BCUT2D eigenvalue weighted by Crippen LogP contribution is -2.50. The molecule has 1 aromatic heterocycles. The Morgan fingerprint density at radius 2 is 1.67 bits per heavy atom. The van der Waals surface area contributed by atoms with Crippen LogP contribution in [0.5, 0.6) is 11.5 Å². The van der Waals surface area contributed by atoms with Crippen LogP contribution in [0.1, 0.15) is 33.5 Å². The Morgan fingerprint density at radius 3 is 2.33 bits per heavy atom. The first-order chi connectivity index (χ1) is 13.1. The number of benzene rings is 1. The first-order valence-electron chi connectivity index (χ1n) is 9.08. The minimum absolute atomic E-state index is 0.0418. The molecule has 27 heavy (non-hydrogen) atoms. The number of fused-ring (bicyclic) bond motifs is 1. The van der Waals surface area contributed by atoms with Gasteiger partial charge in [-0.15, -0.1) is 0 Å². The van der Waals surface area contributed by atoms with E-state index in [1.54, 1.807) is 39.7 Å². The molecule has 0 spiro atoms. The number of nitrogens with zero attached hydrogens (tertiary/aromatic N) is 4. The van der Waals surface area contributed by atoms with E-state index in [1.807, 2.05) is 13.0 Å². The van der Waals surface area contributed by atoms with Crippen LogP contribution in [0.25, 0.3) is 0 Å². The highest BCUT2D eigenvalue weighted by atomic mass is 16.7. The van der Waals surface area contributed by atoms with E-state index in [0.29, 0.717) is 48.9 Å². The van der Waals surface area contributed by atoms with Crippen LogP contribution in [0.3, 0.4) is 0 Å². The van der Waals surface area contributed by atoms with E-state index >= 15 is 0 Å². The Morgan fingerprint density at radius 1 is 1.00 bits per heavy atom. The summed E-state index contributed by atoms with van der Waals surface area (Å²) < 4.78 is 12.3. The van der Waals surface area contributed by atoms with Crippen molar-refractivity contribution in [2.24, 2.45) is 7.05 Å². The first kappa shape index (κ1) is 17.4. The van der Waals surface area contributed by atoms with Gasteiger partial charge in [0.05, 0.1) is 5.69 Å². The monoisotopic (exact) mass is 370 g/mol. The van der Waals surface area contributed by atoms with Crippen molar-refractivity contribution in [1.82, 2.24) is 19.6 Å². The molecular formula is C19H22N4O4. The van der Waals surface area contributed by atoms with Gasteiger partial charge >= 0.3 is 0 Å². The van der Waals surface area contributed by atoms with E-state index < -0.39 is 0 Å². The van der Waals surface area contributed by atoms with Crippen LogP contribution < -0.4 is 9.47 Å². The zero-order valence-electron chi connectivity index (χ0n) is 15.5. The number of amides is 2. The Bertz CT molecular complexity index is 884. The lowest BCUT2D eigenvalue weighted by Gasteiger charge is -2.34. The van der Waals surface area contributed by atoms with E-state index in [9.17, 15) is 9.59 Å². The van der Waals surface area contributed by atoms with Gasteiger partial charge in [-0.05, 0) is 30.7 Å². The minimum Gasteiger partial charge on any atom is -0.454 e. The number of hydrogen-bond acceptors (Lipinski definition) is 5. The van der Waals surface area contributed by atoms with Gasteiger partial charge in [0, 0.05) is 38.8 Å². The Kier molecular flexibility index (Phi) is 4.47. The minimum atomic E-state index is -0.0609. The van der Waals surface area contributed by atoms with Crippen LogP contribution in [0.4, 0.5) is 0 Å². The van der Waals surface area contributed by atoms with Gasteiger partial charge in [-0.25, -0.2) is 0 Å². The number of aromatic nitrogens is 2. The van der Waals surface area contributed by atoms with Crippen molar-refractivity contribution in [3.8, 4) is 11.5 Å². The smallest absolute Gasteiger partial charge is 0.272 e. The molecule has 2 aliphatic heterocycles. The van der Waals surface area contributed by atoms with Crippen molar-refractivity contribution in [3.05, 3.63) is 41.2 Å². The second kappa shape index (κ2) is 6.94. The van der Waals surface area contributed by atoms with E-state index in [-0.39, 0.29) is 18.6 Å². The molecule has 3 heterocycles. The molecule has 0 unspecified atom stereocenters. The number of hydrogen-bond donors (Lipinski definition) is 0. The molecule has 1 aromatic carbocycles. The van der Waals surface area contributed by atoms with Gasteiger partial charge in [-0.2, -0.15) is 5.10 Å². The van der Waals surface area contributed by atoms with Crippen LogP contribution in [-0.2, 0) is 13.5 Å². The third-order valence-electron chi connectivity index (χ3n) is 4.99. The third kappa shape index (κ3) is 3.22. The quantitative estimate of drug-likeness (QED) is 0.814. The van der Waals surface area contributed by atoms with E-state index in [4.69, 9.17) is 9.47 Å². The van der Waals surface area contributed by atoms with E-state index in [0.717, 1.165) is 12.1 Å². The highest BCUT2D eigenvalue weighted by Gasteiger charge is 2.28. The Balaban J connectivity index is 1.40. The SMILES string of the molecule is CCc1cc(C(=O)N2CCN(C(=O)c3ccc4c(c3)OCO4)CC2)n(C)n1. The second-order valence-electron chi connectivity index (χ2n) is 6.65. The fourth-order valence-electron chi connectivity index (χ4n) is 3.39. The maximum Gasteiger partial charge on any atom is 0.272 e. The predicted octanol–water partition coefficient (Wildman–Crippen LogP) is 1.31. The summed E-state index contributed by atoms with van der Waals surface area (Å²) >= 11 is 0. The van der Waals surface area contributed by atoms with Crippen molar-refractivity contribution in [1.29, 1.82) is 0 Å². The molecule has 0 atom stereocenters. The summed E-state index contributed by atoms with van der Waals surface area (Å²) in [5.74, 6) is 1.15. The summed E-state index contributed by atoms with van der Waals surface area (Å²) in [5, 5.41) is 4.34. The standard InChI is InChI=1S/C19H22N4O4/c1-3-14-11-15(21(2)20-14)19(25)23-8-6-22(7-9-23)18(24)13-4-5-16-17(10-13)27-12-26-16/h4-5,10-11H,3,6-9,12H2,1-2H3. The Hall–Kier alpha value is -3.03. The van der Waals surface area contributed by atoms with Gasteiger partial charge in [-0.3, -0.25) is 14.3 Å². The molecule has 2 aliphatic rings. The summed E-state index contributed by atoms with van der Waals surface area (Å²) in [4.78, 5) is 29.1. The number of rotatable bonds is 3. The fourth-order valence-corrected chi connectivity index (χ4v) is 3.39. The van der Waals surface area contributed by atoms with Gasteiger partial charge in [0.1, 0.15) is 5.69 Å². The molecule has 0 radical (unpaired) electrons. The van der Waals surface area contributed by atoms with Crippen molar-refractivity contribution in [2.45, 2.75) is 13.3 Å². The van der Waals surface area contributed by atoms with Gasteiger partial charge in [0.25, 0.3) is 11.8 Å². The molecule has 0 aliphatic carbocycles. The molecular weight excluding hydrogens is 348 g/mol. The number of aryl methyl sites for hydroxylation is 2. The Labute approximate surface area is 157 Å². The van der Waals surface area contributed by atoms with Crippen LogP contribution in [-0.4, -0.2) is 64.4 Å². The molecule has 0 N–H and O–H groups in total. The highest BCUT2D eigenvalue weighted by Crippen LogP contribution is 2.32. The van der Waals surface area contributed by atoms with Gasteiger partial charge in [-0.1, -0.05) is 6.92 Å². The molecule has 1 saturated heterocycles. The predicted molar refractivity (Wildman–Crippen MR) is 97.0 cm³/mol. The largest absolute Gasteiger partial charge is 0.454 e. The normalized spacial score (nSPS) is 15.9. The molecule has 2 aromatic rings. The summed E-state index contributed by atoms with van der Waals surface area (Å²) in [6, 6.07) is 7.05. The maximum atomic E-state index is 12.8. The fraction of sp³-hybridized carbons (Fsp3) is 0.421. The van der Waals surface area contributed by atoms with Crippen LogP contribution in [0.15, 0.2) is 24.3 Å². The van der Waals surface area contributed by atoms with Crippen molar-refractivity contribution in [3.63, 3.8) is 0 Å². The third-order valence-corrected chi connectivity index (χ3v) is 4.99. The molecule has 142 valence electrons. The molecule has 4 rings (SSSR count). The molecule has 0 bridgehead atoms. The number of carbonyl (C=O) groups is 2. The molecule has 8 heteroatoms. The molecule has 2 amide bonds. The zero-order valence-corrected chi connectivity index (χ0v) is 15.5. The number of piperazine rings is 1. The zero-order chi connectivity index (χ0) is 19.0. The summed E-state index contributed by atoms with van der Waals surface area (Å²) in [6.45, 7) is 4.19. The second-order valence-corrected chi connectivity index (χ2v) is 6.65. The average molecular weight is 370 g/mol. The number of carbonyl (C=O) groups excluding carboxylic acids is 2. The van der Waals surface area contributed by atoms with Crippen molar-refractivity contribution < 1.29 is 19.1 Å². The number of ether oxygens (including phenoxy) is 2. The first-order valence-corrected chi connectivity index (χ1v) is 9.08. The van der Waals surface area contributed by atoms with Crippen LogP contribution in [0.2, 0.25) is 0 Å². The van der Waals surface area contributed by atoms with Crippen molar-refractivity contribution in [2.75, 3.05) is 33.0 Å². The van der Waals surface area contributed by atoms with Gasteiger partial charge in [0.15, 0.2) is 11.5 Å². The molecule has 8 nitrogen and oxygen atoms in total. The van der Waals surface area contributed by atoms with Gasteiger partial charge in [0.2, 0.25) is 6.79 Å². The molecule has 0 saturated carbocycles. The van der Waals surface area contributed by atoms with Gasteiger partial charge < -0.3 is 19.3 Å². The topological polar surface area (TPSA) is 76.9 Å². The lowest BCUT2D eigenvalue weighted by atomic mass is 10.1. The summed E-state index contributed by atoms with van der Waals surface area (Å²) in [7, 11) is 1.78. The lowest BCUT2D eigenvalue weighted by molar-refractivity contribution is 0.0529. The highest BCUT2D eigenvalue weighted by molar-refractivity contribution is 5.96. The van der Waals surface area contributed by atoms with E-state index in [1.165, 1.54) is 0 Å². The van der Waals surface area contributed by atoms with Crippen LogP contribution >= 0.6 is 0 Å². The summed E-state index contributed by atoms with van der Waals surface area (Å²) in [5.41, 5.74) is 2.05. The maximum absolute atomic E-state index is 12.8. The van der Waals surface area contributed by atoms with Crippen molar-refractivity contribution >= 4 is 11.8 Å².